The molecular formula is C17H22N6. The maximum atomic E-state index is 9.63. The number of fused-ring (bicyclic) bond motifs is 1. The van der Waals surface area contributed by atoms with Crippen LogP contribution < -0.4 is 0 Å². The van der Waals surface area contributed by atoms with E-state index in [0.717, 1.165) is 42.9 Å². The summed E-state index contributed by atoms with van der Waals surface area (Å²) in [5.41, 5.74) is 2.42. The number of allylic oxidation sites excluding steroid dienone is 1. The number of hydrogen-bond donors (Lipinski definition) is 1. The number of H-pyrrole nitrogens is 1. The lowest BCUT2D eigenvalue weighted by molar-refractivity contribution is 0.566. The zero-order valence-electron chi connectivity index (χ0n) is 13.9. The van der Waals surface area contributed by atoms with Crippen LogP contribution in [0.3, 0.4) is 0 Å². The zero-order valence-corrected chi connectivity index (χ0v) is 13.9. The van der Waals surface area contributed by atoms with E-state index in [1.165, 1.54) is 6.42 Å². The summed E-state index contributed by atoms with van der Waals surface area (Å²) >= 11 is 0. The molecule has 0 aliphatic carbocycles. The molecule has 0 spiro atoms. The van der Waals surface area contributed by atoms with Gasteiger partial charge in [0.2, 0.25) is 0 Å². The molecule has 120 valence electrons. The van der Waals surface area contributed by atoms with E-state index in [0.29, 0.717) is 11.4 Å². The van der Waals surface area contributed by atoms with Crippen molar-refractivity contribution in [3.8, 4) is 6.07 Å². The van der Waals surface area contributed by atoms with Gasteiger partial charge in [-0.2, -0.15) is 10.4 Å². The molecule has 6 heteroatoms. The molecule has 0 saturated heterocycles. The number of aromatic nitrogens is 5. The molecule has 0 amide bonds. The second-order valence-corrected chi connectivity index (χ2v) is 7.02. The summed E-state index contributed by atoms with van der Waals surface area (Å²) in [6.45, 7) is 7.24. The van der Waals surface area contributed by atoms with E-state index < -0.39 is 0 Å². The van der Waals surface area contributed by atoms with Crippen molar-refractivity contribution >= 4 is 11.6 Å². The van der Waals surface area contributed by atoms with Gasteiger partial charge in [0, 0.05) is 29.6 Å². The Balaban J connectivity index is 2.03. The molecular weight excluding hydrogens is 288 g/mol. The molecule has 0 radical (unpaired) electrons. The first-order valence-corrected chi connectivity index (χ1v) is 8.09. The summed E-state index contributed by atoms with van der Waals surface area (Å²) in [5.74, 6) is 1.66. The molecule has 3 rings (SSSR count). The highest BCUT2D eigenvalue weighted by Gasteiger charge is 2.21. The highest BCUT2D eigenvalue weighted by atomic mass is 15.3. The Morgan fingerprint density at radius 1 is 1.30 bits per heavy atom. The molecule has 1 aliphatic rings. The van der Waals surface area contributed by atoms with E-state index in [1.54, 1.807) is 6.20 Å². The Morgan fingerprint density at radius 2 is 2.13 bits per heavy atom. The van der Waals surface area contributed by atoms with Crippen molar-refractivity contribution in [3.63, 3.8) is 0 Å². The quantitative estimate of drug-likeness (QED) is 0.864. The largest absolute Gasteiger partial charge is 0.310 e. The Hall–Kier alpha value is -2.42. The molecule has 2 aromatic heterocycles. The lowest BCUT2D eigenvalue weighted by Gasteiger charge is -2.17. The molecule has 0 fully saturated rings. The van der Waals surface area contributed by atoms with Crippen LogP contribution in [-0.4, -0.2) is 25.0 Å². The van der Waals surface area contributed by atoms with Crippen molar-refractivity contribution in [2.45, 2.75) is 58.4 Å². The van der Waals surface area contributed by atoms with Crippen LogP contribution in [0.15, 0.2) is 6.20 Å². The van der Waals surface area contributed by atoms with Crippen LogP contribution in [0.1, 0.15) is 62.9 Å². The highest BCUT2D eigenvalue weighted by Crippen LogP contribution is 2.27. The normalized spacial score (nSPS) is 15.8. The number of nitriles is 1. The standard InChI is InChI=1S/C17H22N6/c1-17(2,3)15-13(11-19-21-15)9-12(10-18)16-22-20-14-7-5-4-6-8-23(14)16/h9,11H,4-8H2,1-3H3,(H,19,21)/b12-9-. The van der Waals surface area contributed by atoms with Gasteiger partial charge in [-0.3, -0.25) is 5.10 Å². The van der Waals surface area contributed by atoms with Crippen molar-refractivity contribution in [2.75, 3.05) is 0 Å². The number of nitrogens with one attached hydrogen (secondary N) is 1. The molecule has 0 aromatic carbocycles. The van der Waals surface area contributed by atoms with Crippen LogP contribution in [0, 0.1) is 11.3 Å². The molecule has 3 heterocycles. The summed E-state index contributed by atoms with van der Waals surface area (Å²) in [5, 5.41) is 25.4. The van der Waals surface area contributed by atoms with E-state index in [4.69, 9.17) is 0 Å². The fourth-order valence-electron chi connectivity index (χ4n) is 2.99. The molecule has 23 heavy (non-hydrogen) atoms. The van der Waals surface area contributed by atoms with E-state index in [9.17, 15) is 5.26 Å². The van der Waals surface area contributed by atoms with Gasteiger partial charge in [0.05, 0.1) is 11.8 Å². The average molecular weight is 310 g/mol. The Morgan fingerprint density at radius 3 is 2.87 bits per heavy atom. The zero-order chi connectivity index (χ0) is 16.4. The van der Waals surface area contributed by atoms with Crippen LogP contribution in [0.5, 0.6) is 0 Å². The predicted molar refractivity (Wildman–Crippen MR) is 88.3 cm³/mol. The van der Waals surface area contributed by atoms with Gasteiger partial charge in [-0.25, -0.2) is 0 Å². The van der Waals surface area contributed by atoms with Crippen molar-refractivity contribution in [1.29, 1.82) is 5.26 Å². The summed E-state index contributed by atoms with van der Waals surface area (Å²) in [6, 6.07) is 2.29. The topological polar surface area (TPSA) is 83.2 Å². The molecule has 0 saturated carbocycles. The third-order valence-corrected chi connectivity index (χ3v) is 4.19. The van der Waals surface area contributed by atoms with E-state index in [1.807, 2.05) is 6.08 Å². The molecule has 0 bridgehead atoms. The van der Waals surface area contributed by atoms with Gasteiger partial charge in [-0.1, -0.05) is 27.2 Å². The van der Waals surface area contributed by atoms with Crippen LogP contribution in [0.2, 0.25) is 0 Å². The summed E-state index contributed by atoms with van der Waals surface area (Å²) < 4.78 is 2.10. The van der Waals surface area contributed by atoms with Crippen LogP contribution >= 0.6 is 0 Å². The van der Waals surface area contributed by atoms with Gasteiger partial charge in [-0.15, -0.1) is 10.2 Å². The Kier molecular flexibility index (Phi) is 4.03. The minimum atomic E-state index is -0.0648. The van der Waals surface area contributed by atoms with Gasteiger partial charge in [0.15, 0.2) is 5.82 Å². The maximum absolute atomic E-state index is 9.63. The van der Waals surface area contributed by atoms with Crippen molar-refractivity contribution < 1.29 is 0 Å². The first kappa shape index (κ1) is 15.5. The highest BCUT2D eigenvalue weighted by molar-refractivity contribution is 5.87. The fraction of sp³-hybridized carbons (Fsp3) is 0.529. The monoisotopic (exact) mass is 310 g/mol. The second-order valence-electron chi connectivity index (χ2n) is 7.02. The summed E-state index contributed by atoms with van der Waals surface area (Å²) in [6.07, 6.45) is 8.01. The molecule has 6 nitrogen and oxygen atoms in total. The SMILES string of the molecule is CC(C)(C)c1[nH]ncc1/C=C(/C#N)c1nnc2n1CCCCC2. The predicted octanol–water partition coefficient (Wildman–Crippen LogP) is 3.09. The molecule has 0 atom stereocenters. The maximum Gasteiger partial charge on any atom is 0.174 e. The van der Waals surface area contributed by atoms with Gasteiger partial charge in [0.1, 0.15) is 11.9 Å². The minimum absolute atomic E-state index is 0.0648. The van der Waals surface area contributed by atoms with Gasteiger partial charge in [0.25, 0.3) is 0 Å². The lowest BCUT2D eigenvalue weighted by atomic mass is 9.89. The molecule has 1 aliphatic heterocycles. The van der Waals surface area contributed by atoms with Gasteiger partial charge < -0.3 is 4.57 Å². The first-order chi connectivity index (χ1) is 11.0. The van der Waals surface area contributed by atoms with Crippen LogP contribution in [-0.2, 0) is 18.4 Å². The van der Waals surface area contributed by atoms with E-state index in [2.05, 4.69) is 51.8 Å². The van der Waals surface area contributed by atoms with Crippen LogP contribution in [0.25, 0.3) is 11.6 Å². The third-order valence-electron chi connectivity index (χ3n) is 4.19. The van der Waals surface area contributed by atoms with Crippen molar-refractivity contribution in [3.05, 3.63) is 29.1 Å². The molecule has 1 N–H and O–H groups in total. The molecule has 2 aromatic rings. The number of aryl methyl sites for hydroxylation is 1. The Labute approximate surface area is 136 Å². The average Bonchev–Trinajstić information content (AvgIpc) is 3.06. The van der Waals surface area contributed by atoms with E-state index >= 15 is 0 Å². The first-order valence-electron chi connectivity index (χ1n) is 8.09. The number of nitrogens with zero attached hydrogens (tertiary/aromatic N) is 5. The van der Waals surface area contributed by atoms with E-state index in [-0.39, 0.29) is 5.41 Å². The van der Waals surface area contributed by atoms with Gasteiger partial charge >= 0.3 is 0 Å². The summed E-state index contributed by atoms with van der Waals surface area (Å²) in [7, 11) is 0. The third kappa shape index (κ3) is 3.04. The number of rotatable bonds is 2. The molecule has 0 unspecified atom stereocenters. The Bertz CT molecular complexity index is 766. The van der Waals surface area contributed by atoms with Crippen molar-refractivity contribution in [1.82, 2.24) is 25.0 Å². The summed E-state index contributed by atoms with van der Waals surface area (Å²) in [4.78, 5) is 0. The fourth-order valence-corrected chi connectivity index (χ4v) is 2.99. The lowest BCUT2D eigenvalue weighted by Crippen LogP contribution is -2.13. The van der Waals surface area contributed by atoms with Crippen LogP contribution in [0.4, 0.5) is 0 Å². The van der Waals surface area contributed by atoms with Gasteiger partial charge in [-0.05, 0) is 18.9 Å². The minimum Gasteiger partial charge on any atom is -0.310 e. The number of hydrogen-bond acceptors (Lipinski definition) is 4. The van der Waals surface area contributed by atoms with Crippen molar-refractivity contribution in [2.24, 2.45) is 0 Å². The number of aromatic amines is 1. The second kappa shape index (κ2) is 5.99. The smallest absolute Gasteiger partial charge is 0.174 e.